The molecule has 4 heteroatoms. The molecule has 2 aromatic carbocycles. The molecule has 0 radical (unpaired) electrons. The van der Waals surface area contributed by atoms with Crippen molar-refractivity contribution in [2.45, 2.75) is 43.7 Å². The fraction of sp³-hybridized carbons (Fsp3) is 0.440. The minimum atomic E-state index is -0.590. The molecule has 4 nitrogen and oxygen atoms in total. The molecule has 1 aliphatic carbocycles. The first-order valence-electron chi connectivity index (χ1n) is 10.7. The molecule has 0 spiro atoms. The minimum Gasteiger partial charge on any atom is -0.504 e. The van der Waals surface area contributed by atoms with Crippen LogP contribution in [-0.2, 0) is 0 Å². The van der Waals surface area contributed by atoms with Gasteiger partial charge in [-0.3, -0.25) is 4.90 Å². The van der Waals surface area contributed by atoms with E-state index in [1.54, 1.807) is 13.2 Å². The lowest BCUT2D eigenvalue weighted by atomic mass is 9.66. The first-order chi connectivity index (χ1) is 14.1. The number of phenolic OH excluding ortho intramolecular Hbond substituents is 1. The van der Waals surface area contributed by atoms with Gasteiger partial charge in [-0.1, -0.05) is 61.4 Å². The first kappa shape index (κ1) is 20.0. The third-order valence-corrected chi connectivity index (χ3v) is 6.67. The van der Waals surface area contributed by atoms with Crippen LogP contribution in [0.2, 0.25) is 0 Å². The lowest BCUT2D eigenvalue weighted by Gasteiger charge is -2.52. The van der Waals surface area contributed by atoms with Crippen molar-refractivity contribution in [2.75, 3.05) is 20.2 Å². The average molecular weight is 394 g/mol. The van der Waals surface area contributed by atoms with Crippen LogP contribution >= 0.6 is 0 Å². The Bertz CT molecular complexity index is 850. The number of piperidine rings is 1. The summed E-state index contributed by atoms with van der Waals surface area (Å²) in [4.78, 5) is 2.47. The van der Waals surface area contributed by atoms with Crippen molar-refractivity contribution in [3.63, 3.8) is 0 Å². The van der Waals surface area contributed by atoms with Gasteiger partial charge in [-0.25, -0.2) is 0 Å². The van der Waals surface area contributed by atoms with E-state index in [1.807, 2.05) is 30.3 Å². The molecule has 2 fully saturated rings. The Balaban J connectivity index is 1.63. The van der Waals surface area contributed by atoms with Crippen molar-refractivity contribution in [1.29, 1.82) is 0 Å². The van der Waals surface area contributed by atoms with Gasteiger partial charge in [0.15, 0.2) is 11.5 Å². The highest BCUT2D eigenvalue weighted by molar-refractivity contribution is 5.49. The van der Waals surface area contributed by atoms with E-state index in [9.17, 15) is 10.2 Å². The lowest BCUT2D eigenvalue weighted by molar-refractivity contribution is -0.122. The molecule has 2 aromatic rings. The fourth-order valence-corrected chi connectivity index (χ4v) is 5.16. The second-order valence-electron chi connectivity index (χ2n) is 8.39. The van der Waals surface area contributed by atoms with Crippen molar-refractivity contribution < 1.29 is 14.9 Å². The maximum Gasteiger partial charge on any atom is 0.160 e. The van der Waals surface area contributed by atoms with Gasteiger partial charge in [0.05, 0.1) is 12.7 Å². The molecule has 1 heterocycles. The van der Waals surface area contributed by atoms with Gasteiger partial charge in [-0.2, -0.15) is 0 Å². The number of fused-ring (bicyclic) bond motifs is 1. The van der Waals surface area contributed by atoms with Gasteiger partial charge in [0, 0.05) is 25.0 Å². The number of aromatic hydroxyl groups is 1. The predicted molar refractivity (Wildman–Crippen MR) is 116 cm³/mol. The van der Waals surface area contributed by atoms with Gasteiger partial charge in [0.2, 0.25) is 0 Å². The van der Waals surface area contributed by atoms with Gasteiger partial charge in [0.25, 0.3) is 0 Å². The van der Waals surface area contributed by atoms with E-state index in [0.717, 1.165) is 50.8 Å². The molecule has 1 saturated heterocycles. The summed E-state index contributed by atoms with van der Waals surface area (Å²) in [5.74, 6) is 0.845. The molecule has 2 N–H and O–H groups in total. The quantitative estimate of drug-likeness (QED) is 0.767. The maximum absolute atomic E-state index is 11.4. The third-order valence-electron chi connectivity index (χ3n) is 6.67. The van der Waals surface area contributed by atoms with E-state index in [-0.39, 0.29) is 17.7 Å². The van der Waals surface area contributed by atoms with E-state index in [1.165, 1.54) is 5.56 Å². The summed E-state index contributed by atoms with van der Waals surface area (Å²) in [5, 5.41) is 21.5. The molecule has 1 saturated carbocycles. The van der Waals surface area contributed by atoms with Crippen LogP contribution < -0.4 is 4.74 Å². The predicted octanol–water partition coefficient (Wildman–Crippen LogP) is 4.78. The van der Waals surface area contributed by atoms with Crippen LogP contribution in [0.4, 0.5) is 0 Å². The number of aliphatic hydroxyl groups is 1. The van der Waals surface area contributed by atoms with Crippen molar-refractivity contribution >= 4 is 6.08 Å². The summed E-state index contributed by atoms with van der Waals surface area (Å²) in [6.45, 7) is 1.69. The number of hydrogen-bond donors (Lipinski definition) is 2. The van der Waals surface area contributed by atoms with E-state index in [2.05, 4.69) is 29.2 Å². The molecule has 0 amide bonds. The third kappa shape index (κ3) is 4.19. The normalized spacial score (nSPS) is 27.7. The van der Waals surface area contributed by atoms with Crippen LogP contribution in [0.5, 0.6) is 11.5 Å². The van der Waals surface area contributed by atoms with Gasteiger partial charge in [-0.05, 0) is 42.5 Å². The highest BCUT2D eigenvalue weighted by Gasteiger charge is 2.48. The Labute approximate surface area is 173 Å². The molecule has 0 bridgehead atoms. The first-order valence-corrected chi connectivity index (χ1v) is 10.7. The second kappa shape index (κ2) is 8.60. The largest absolute Gasteiger partial charge is 0.504 e. The van der Waals surface area contributed by atoms with Gasteiger partial charge >= 0.3 is 0 Å². The fourth-order valence-electron chi connectivity index (χ4n) is 5.16. The number of benzene rings is 2. The van der Waals surface area contributed by atoms with Crippen molar-refractivity contribution in [3.05, 3.63) is 65.7 Å². The second-order valence-corrected chi connectivity index (χ2v) is 8.39. The Hall–Kier alpha value is -2.30. The molecule has 3 atom stereocenters. The number of phenols is 1. The van der Waals surface area contributed by atoms with Gasteiger partial charge in [0.1, 0.15) is 0 Å². The van der Waals surface area contributed by atoms with Crippen LogP contribution in [0.3, 0.4) is 0 Å². The standard InChI is InChI=1S/C25H31NO3/c1-29-23-18-20(12-13-22(23)27)24-21-11-5-6-14-25(21,28)15-17-26(24)16-7-10-19-8-3-2-4-9-19/h2-4,7-10,12-13,18,21,24,27-28H,5-6,11,14-17H2,1H3/b10-7+/t21-,24-,25+/m1/s1. The van der Waals surface area contributed by atoms with Crippen molar-refractivity contribution in [1.82, 2.24) is 4.90 Å². The zero-order chi connectivity index (χ0) is 20.3. The summed E-state index contributed by atoms with van der Waals surface area (Å²) in [6.07, 6.45) is 9.38. The van der Waals surface area contributed by atoms with E-state index < -0.39 is 5.60 Å². The van der Waals surface area contributed by atoms with Gasteiger partial charge < -0.3 is 14.9 Å². The maximum atomic E-state index is 11.4. The highest BCUT2D eigenvalue weighted by atomic mass is 16.5. The van der Waals surface area contributed by atoms with Crippen LogP contribution in [-0.4, -0.2) is 40.9 Å². The highest BCUT2D eigenvalue weighted by Crippen LogP contribution is 2.50. The number of nitrogens with zero attached hydrogens (tertiary/aromatic N) is 1. The number of hydrogen-bond acceptors (Lipinski definition) is 4. The number of likely N-dealkylation sites (tertiary alicyclic amines) is 1. The zero-order valence-corrected chi connectivity index (χ0v) is 17.1. The number of ether oxygens (including phenoxy) is 1. The number of rotatable bonds is 5. The average Bonchev–Trinajstić information content (AvgIpc) is 2.75. The molecule has 0 aromatic heterocycles. The smallest absolute Gasteiger partial charge is 0.160 e. The van der Waals surface area contributed by atoms with Crippen molar-refractivity contribution in [2.24, 2.45) is 5.92 Å². The summed E-state index contributed by atoms with van der Waals surface area (Å²) < 4.78 is 5.37. The molecule has 4 rings (SSSR count). The van der Waals surface area contributed by atoms with Crippen LogP contribution in [0.25, 0.3) is 6.08 Å². The Kier molecular flexibility index (Phi) is 5.93. The Morgan fingerprint density at radius 3 is 2.76 bits per heavy atom. The molecule has 154 valence electrons. The molecule has 2 aliphatic rings. The van der Waals surface area contributed by atoms with Crippen LogP contribution in [0.1, 0.15) is 49.3 Å². The molecule has 1 aliphatic heterocycles. The Morgan fingerprint density at radius 1 is 1.14 bits per heavy atom. The van der Waals surface area contributed by atoms with Crippen molar-refractivity contribution in [3.8, 4) is 11.5 Å². The summed E-state index contributed by atoms with van der Waals surface area (Å²) in [5.41, 5.74) is 1.72. The minimum absolute atomic E-state index is 0.115. The van der Waals surface area contributed by atoms with E-state index in [0.29, 0.717) is 5.75 Å². The van der Waals surface area contributed by atoms with Gasteiger partial charge in [-0.15, -0.1) is 0 Å². The van der Waals surface area contributed by atoms with E-state index >= 15 is 0 Å². The molecule has 0 unspecified atom stereocenters. The molecular weight excluding hydrogens is 362 g/mol. The SMILES string of the molecule is COc1cc([C@@H]2[C@H]3CCCC[C@]3(O)CCN2C/C=C/c2ccccc2)ccc1O. The Morgan fingerprint density at radius 2 is 1.97 bits per heavy atom. The topological polar surface area (TPSA) is 52.9 Å². The van der Waals surface area contributed by atoms with Crippen LogP contribution in [0, 0.1) is 5.92 Å². The summed E-state index contributed by atoms with van der Waals surface area (Å²) in [7, 11) is 1.58. The number of methoxy groups -OCH3 is 1. The zero-order valence-electron chi connectivity index (χ0n) is 17.1. The van der Waals surface area contributed by atoms with E-state index in [4.69, 9.17) is 4.74 Å². The summed E-state index contributed by atoms with van der Waals surface area (Å²) >= 11 is 0. The summed E-state index contributed by atoms with van der Waals surface area (Å²) in [6, 6.07) is 16.1. The molecule has 29 heavy (non-hydrogen) atoms. The monoisotopic (exact) mass is 393 g/mol. The van der Waals surface area contributed by atoms with Crippen LogP contribution in [0.15, 0.2) is 54.6 Å². The lowest BCUT2D eigenvalue weighted by Crippen LogP contribution is -2.54. The molecular formula is C25H31NO3.